The summed E-state index contributed by atoms with van der Waals surface area (Å²) in [4.78, 5) is 15.9. The predicted octanol–water partition coefficient (Wildman–Crippen LogP) is 3.86. The standard InChI is InChI=1S/C26H26N2O4/c1-28-14-13-19-15-20-24(32-16-31-20)25(30-2)21(19)23(28)26(29)27-22(17-9-5-3-6-10-17)18-11-7-4-8-12-18/h3-12,15,22-23H,13-14,16H2,1-2H3,(H,27,29)/t23-/m1/s1. The molecule has 1 amide bonds. The van der Waals surface area contributed by atoms with Crippen LogP contribution in [-0.2, 0) is 11.2 Å². The summed E-state index contributed by atoms with van der Waals surface area (Å²) in [6.07, 6.45) is 0.809. The molecule has 2 aliphatic rings. The molecule has 2 heterocycles. The maximum Gasteiger partial charge on any atom is 0.242 e. The first-order chi connectivity index (χ1) is 15.7. The van der Waals surface area contributed by atoms with Crippen molar-refractivity contribution in [2.45, 2.75) is 18.5 Å². The Balaban J connectivity index is 1.54. The van der Waals surface area contributed by atoms with Gasteiger partial charge in [0.2, 0.25) is 18.4 Å². The molecule has 1 N–H and O–H groups in total. The summed E-state index contributed by atoms with van der Waals surface area (Å²) in [5, 5.41) is 3.30. The zero-order chi connectivity index (χ0) is 22.1. The van der Waals surface area contributed by atoms with Gasteiger partial charge in [0, 0.05) is 12.1 Å². The Kier molecular flexibility index (Phi) is 5.45. The second-order valence-electron chi connectivity index (χ2n) is 8.11. The van der Waals surface area contributed by atoms with Gasteiger partial charge >= 0.3 is 0 Å². The maximum atomic E-state index is 13.8. The van der Waals surface area contributed by atoms with Crippen molar-refractivity contribution in [1.82, 2.24) is 10.2 Å². The van der Waals surface area contributed by atoms with Crippen LogP contribution in [0.25, 0.3) is 0 Å². The second-order valence-corrected chi connectivity index (χ2v) is 8.11. The molecule has 0 saturated carbocycles. The average Bonchev–Trinajstić information content (AvgIpc) is 3.30. The van der Waals surface area contributed by atoms with E-state index in [4.69, 9.17) is 14.2 Å². The van der Waals surface area contributed by atoms with Gasteiger partial charge < -0.3 is 19.5 Å². The topological polar surface area (TPSA) is 60.0 Å². The zero-order valence-corrected chi connectivity index (χ0v) is 18.2. The quantitative estimate of drug-likeness (QED) is 0.666. The van der Waals surface area contributed by atoms with E-state index in [9.17, 15) is 4.79 Å². The summed E-state index contributed by atoms with van der Waals surface area (Å²) < 4.78 is 17.0. The monoisotopic (exact) mass is 430 g/mol. The molecule has 6 heteroatoms. The molecule has 1 atom stereocenters. The lowest BCUT2D eigenvalue weighted by Gasteiger charge is -2.35. The van der Waals surface area contributed by atoms with Crippen LogP contribution in [0.1, 0.15) is 34.3 Å². The van der Waals surface area contributed by atoms with E-state index >= 15 is 0 Å². The smallest absolute Gasteiger partial charge is 0.242 e. The number of hydrogen-bond donors (Lipinski definition) is 1. The molecule has 164 valence electrons. The molecule has 0 fully saturated rings. The highest BCUT2D eigenvalue weighted by atomic mass is 16.7. The van der Waals surface area contributed by atoms with Crippen LogP contribution in [-0.4, -0.2) is 38.3 Å². The van der Waals surface area contributed by atoms with Crippen LogP contribution < -0.4 is 19.5 Å². The van der Waals surface area contributed by atoms with Crippen molar-refractivity contribution in [3.63, 3.8) is 0 Å². The molecule has 3 aromatic rings. The van der Waals surface area contributed by atoms with Crippen LogP contribution >= 0.6 is 0 Å². The molecule has 5 rings (SSSR count). The SMILES string of the molecule is COc1c2c(cc3c1[C@H](C(=O)NC(c1ccccc1)c1ccccc1)N(C)CC3)OCO2. The number of hydrogen-bond acceptors (Lipinski definition) is 5. The maximum absolute atomic E-state index is 13.8. The van der Waals surface area contributed by atoms with Gasteiger partial charge in [0.1, 0.15) is 6.04 Å². The Labute approximate surface area is 187 Å². The van der Waals surface area contributed by atoms with Crippen LogP contribution in [0.15, 0.2) is 66.7 Å². The summed E-state index contributed by atoms with van der Waals surface area (Å²) in [5.74, 6) is 1.75. The number of carbonyl (C=O) groups is 1. The molecule has 0 radical (unpaired) electrons. The van der Waals surface area contributed by atoms with Crippen LogP contribution in [0.3, 0.4) is 0 Å². The number of rotatable bonds is 5. The van der Waals surface area contributed by atoms with Gasteiger partial charge in [0.25, 0.3) is 0 Å². The molecule has 0 aliphatic carbocycles. The van der Waals surface area contributed by atoms with Gasteiger partial charge in [-0.2, -0.15) is 0 Å². The first kappa shape index (κ1) is 20.4. The van der Waals surface area contributed by atoms with Crippen LogP contribution in [0.2, 0.25) is 0 Å². The molecule has 0 aromatic heterocycles. The van der Waals surface area contributed by atoms with Crippen LogP contribution in [0.5, 0.6) is 17.2 Å². The average molecular weight is 431 g/mol. The number of methoxy groups -OCH3 is 1. The first-order valence-electron chi connectivity index (χ1n) is 10.8. The van der Waals surface area contributed by atoms with Crippen molar-refractivity contribution in [1.29, 1.82) is 0 Å². The van der Waals surface area contributed by atoms with Crippen molar-refractivity contribution in [3.8, 4) is 17.2 Å². The van der Waals surface area contributed by atoms with E-state index in [1.807, 2.05) is 73.8 Å². The number of fused-ring (bicyclic) bond motifs is 2. The van der Waals surface area contributed by atoms with E-state index in [2.05, 4.69) is 10.2 Å². The van der Waals surface area contributed by atoms with Gasteiger partial charge in [-0.15, -0.1) is 0 Å². The van der Waals surface area contributed by atoms with E-state index in [1.165, 1.54) is 0 Å². The Hall–Kier alpha value is -3.51. The van der Waals surface area contributed by atoms with Crippen molar-refractivity contribution in [2.75, 3.05) is 27.5 Å². The molecule has 0 spiro atoms. The number of nitrogens with one attached hydrogen (secondary N) is 1. The molecule has 32 heavy (non-hydrogen) atoms. The number of likely N-dealkylation sites (N-methyl/N-ethyl adjacent to an activating group) is 1. The van der Waals surface area contributed by atoms with Crippen molar-refractivity contribution in [2.24, 2.45) is 0 Å². The van der Waals surface area contributed by atoms with Gasteiger partial charge in [-0.1, -0.05) is 60.7 Å². The van der Waals surface area contributed by atoms with Gasteiger partial charge in [0.05, 0.1) is 13.2 Å². The summed E-state index contributed by atoms with van der Waals surface area (Å²) in [6.45, 7) is 0.917. The van der Waals surface area contributed by atoms with Gasteiger partial charge in [-0.3, -0.25) is 9.69 Å². The lowest BCUT2D eigenvalue weighted by atomic mass is 9.90. The molecule has 3 aromatic carbocycles. The second kappa shape index (κ2) is 8.55. The van der Waals surface area contributed by atoms with E-state index in [1.54, 1.807) is 7.11 Å². The fourth-order valence-electron chi connectivity index (χ4n) is 4.64. The van der Waals surface area contributed by atoms with Crippen molar-refractivity contribution in [3.05, 3.63) is 89.0 Å². The lowest BCUT2D eigenvalue weighted by molar-refractivity contribution is -0.127. The molecule has 0 saturated heterocycles. The minimum atomic E-state index is -0.502. The largest absolute Gasteiger partial charge is 0.492 e. The highest BCUT2D eigenvalue weighted by Crippen LogP contribution is 2.49. The molecular formula is C26H26N2O4. The van der Waals surface area contributed by atoms with Gasteiger partial charge in [-0.25, -0.2) is 0 Å². The zero-order valence-electron chi connectivity index (χ0n) is 18.2. The number of carbonyl (C=O) groups excluding carboxylic acids is 1. The van der Waals surface area contributed by atoms with E-state index in [-0.39, 0.29) is 18.7 Å². The fourth-order valence-corrected chi connectivity index (χ4v) is 4.64. The number of ether oxygens (including phenoxy) is 3. The summed E-state index contributed by atoms with van der Waals surface area (Å²) in [7, 11) is 3.58. The number of amides is 1. The summed E-state index contributed by atoms with van der Waals surface area (Å²) in [5.41, 5.74) is 3.97. The normalized spacial score (nSPS) is 17.2. The lowest BCUT2D eigenvalue weighted by Crippen LogP contribution is -2.44. The molecule has 6 nitrogen and oxygen atoms in total. The predicted molar refractivity (Wildman–Crippen MR) is 121 cm³/mol. The fraction of sp³-hybridized carbons (Fsp3) is 0.269. The highest BCUT2D eigenvalue weighted by Gasteiger charge is 2.38. The minimum Gasteiger partial charge on any atom is -0.492 e. The Bertz CT molecular complexity index is 1080. The Morgan fingerprint density at radius 1 is 1.06 bits per heavy atom. The van der Waals surface area contributed by atoms with Crippen molar-refractivity contribution < 1.29 is 19.0 Å². The van der Waals surface area contributed by atoms with Gasteiger partial charge in [0.15, 0.2) is 11.5 Å². The number of nitrogens with zero attached hydrogens (tertiary/aromatic N) is 1. The third-order valence-electron chi connectivity index (χ3n) is 6.20. The van der Waals surface area contributed by atoms with Gasteiger partial charge in [-0.05, 0) is 36.2 Å². The highest BCUT2D eigenvalue weighted by molar-refractivity contribution is 5.86. The molecule has 2 aliphatic heterocycles. The summed E-state index contributed by atoms with van der Waals surface area (Å²) >= 11 is 0. The molecular weight excluding hydrogens is 404 g/mol. The molecule has 0 unspecified atom stereocenters. The third kappa shape index (κ3) is 3.56. The van der Waals surface area contributed by atoms with E-state index in [0.29, 0.717) is 17.2 Å². The van der Waals surface area contributed by atoms with Crippen LogP contribution in [0, 0.1) is 0 Å². The molecule has 0 bridgehead atoms. The van der Waals surface area contributed by atoms with E-state index in [0.717, 1.165) is 35.2 Å². The number of benzene rings is 3. The first-order valence-corrected chi connectivity index (χ1v) is 10.8. The van der Waals surface area contributed by atoms with Crippen LogP contribution in [0.4, 0.5) is 0 Å². The van der Waals surface area contributed by atoms with Crippen molar-refractivity contribution >= 4 is 5.91 Å². The summed E-state index contributed by atoms with van der Waals surface area (Å²) in [6, 6.07) is 21.3. The Morgan fingerprint density at radius 3 is 2.34 bits per heavy atom. The Morgan fingerprint density at radius 2 is 1.72 bits per heavy atom. The minimum absolute atomic E-state index is 0.0803. The third-order valence-corrected chi connectivity index (χ3v) is 6.20. The van der Waals surface area contributed by atoms with E-state index < -0.39 is 6.04 Å².